The highest BCUT2D eigenvalue weighted by Crippen LogP contribution is 2.49. The van der Waals surface area contributed by atoms with Gasteiger partial charge in [0.1, 0.15) is 0 Å². The molecule has 0 bridgehead atoms. The summed E-state index contributed by atoms with van der Waals surface area (Å²) >= 11 is 6.02. The van der Waals surface area contributed by atoms with Gasteiger partial charge < -0.3 is 4.90 Å². The predicted molar refractivity (Wildman–Crippen MR) is 86.6 cm³/mol. The lowest BCUT2D eigenvalue weighted by atomic mass is 9.59. The molecule has 1 unspecified atom stereocenters. The average Bonchev–Trinajstić information content (AvgIpc) is 2.28. The molecule has 0 N–H and O–H groups in total. The number of rotatable bonds is 5. The Hall–Kier alpha value is -0.240. The van der Waals surface area contributed by atoms with Gasteiger partial charge >= 0.3 is 0 Å². The molecule has 0 aromatic heterocycles. The molecule has 1 fully saturated rings. The van der Waals surface area contributed by atoms with Crippen molar-refractivity contribution in [1.82, 2.24) is 4.90 Å². The summed E-state index contributed by atoms with van der Waals surface area (Å²) in [4.78, 5) is 2.41. The zero-order valence-corrected chi connectivity index (χ0v) is 13.7. The molecule has 0 saturated heterocycles. The van der Waals surface area contributed by atoms with Crippen molar-refractivity contribution >= 4 is 24.0 Å². The number of benzene rings is 1. The van der Waals surface area contributed by atoms with Crippen LogP contribution in [0.5, 0.6) is 0 Å². The quantitative estimate of drug-likeness (QED) is 0.746. The summed E-state index contributed by atoms with van der Waals surface area (Å²) in [5.74, 6) is 0. The van der Waals surface area contributed by atoms with E-state index in [1.807, 2.05) is 12.1 Å². The molecule has 1 nitrogen and oxygen atoms in total. The number of hydrogen-bond donors (Lipinski definition) is 0. The average molecular weight is 302 g/mol. The topological polar surface area (TPSA) is 3.24 Å². The molecule has 0 amide bonds. The summed E-state index contributed by atoms with van der Waals surface area (Å²) < 4.78 is 0. The van der Waals surface area contributed by atoms with Gasteiger partial charge in [-0.3, -0.25) is 0 Å². The number of halogens is 2. The maximum absolute atomic E-state index is 6.02. The lowest BCUT2D eigenvalue weighted by Gasteiger charge is -2.51. The van der Waals surface area contributed by atoms with Crippen molar-refractivity contribution in [3.8, 4) is 0 Å². The molecule has 19 heavy (non-hydrogen) atoms. The largest absolute Gasteiger partial charge is 0.306 e. The Balaban J connectivity index is 0.00000180. The Labute approximate surface area is 128 Å². The van der Waals surface area contributed by atoms with E-state index in [1.54, 1.807) is 0 Å². The first-order valence-corrected chi connectivity index (χ1v) is 7.40. The van der Waals surface area contributed by atoms with Gasteiger partial charge in [-0.15, -0.1) is 12.4 Å². The predicted octanol–water partition coefficient (Wildman–Crippen LogP) is 4.91. The zero-order valence-electron chi connectivity index (χ0n) is 12.2. The third kappa shape index (κ3) is 3.26. The number of hydrogen-bond acceptors (Lipinski definition) is 1. The molecule has 1 saturated carbocycles. The fourth-order valence-corrected chi connectivity index (χ4v) is 3.58. The molecule has 0 aliphatic heterocycles. The summed E-state index contributed by atoms with van der Waals surface area (Å²) in [6.07, 6.45) is 6.51. The maximum atomic E-state index is 6.02. The summed E-state index contributed by atoms with van der Waals surface area (Å²) in [6.45, 7) is 2.28. The Bertz CT molecular complexity index is 382. The molecule has 0 spiro atoms. The van der Waals surface area contributed by atoms with E-state index in [1.165, 1.54) is 37.7 Å². The van der Waals surface area contributed by atoms with Crippen molar-refractivity contribution in [3.63, 3.8) is 0 Å². The molecule has 1 aliphatic carbocycles. The van der Waals surface area contributed by atoms with E-state index in [4.69, 9.17) is 11.6 Å². The van der Waals surface area contributed by atoms with E-state index >= 15 is 0 Å². The highest BCUT2D eigenvalue weighted by Gasteiger charge is 2.45. The smallest absolute Gasteiger partial charge is 0.0406 e. The Morgan fingerprint density at radius 3 is 2.16 bits per heavy atom. The van der Waals surface area contributed by atoms with Gasteiger partial charge in [-0.05, 0) is 51.1 Å². The van der Waals surface area contributed by atoms with Gasteiger partial charge in [-0.1, -0.05) is 43.5 Å². The summed E-state index contributed by atoms with van der Waals surface area (Å²) in [5.41, 5.74) is 1.84. The van der Waals surface area contributed by atoms with Crippen molar-refractivity contribution in [3.05, 3.63) is 34.9 Å². The van der Waals surface area contributed by atoms with Crippen LogP contribution in [0.1, 0.15) is 44.6 Å². The third-order valence-corrected chi connectivity index (χ3v) is 4.74. The van der Waals surface area contributed by atoms with E-state index in [2.05, 4.69) is 38.1 Å². The Kier molecular flexibility index (Phi) is 6.16. The SMILES string of the molecule is CCCC(N(C)C)C1(c2ccc(Cl)cc2)CCC1.Cl. The second-order valence-electron chi connectivity index (χ2n) is 5.78. The standard InChI is InChI=1S/C16H24ClN.ClH/c1-4-6-15(18(2)3)16(11-5-12-16)13-7-9-14(17)10-8-13;/h7-10,15H,4-6,11-12H2,1-3H3;1H. The van der Waals surface area contributed by atoms with Gasteiger partial charge in [0.2, 0.25) is 0 Å². The molecule has 1 aromatic carbocycles. The fraction of sp³-hybridized carbons (Fsp3) is 0.625. The summed E-state index contributed by atoms with van der Waals surface area (Å²) in [5, 5.41) is 0.838. The van der Waals surface area contributed by atoms with Crippen LogP contribution in [0.3, 0.4) is 0 Å². The zero-order chi connectivity index (χ0) is 13.2. The highest BCUT2D eigenvalue weighted by molar-refractivity contribution is 6.30. The molecule has 1 aromatic rings. The lowest BCUT2D eigenvalue weighted by Crippen LogP contribution is -2.52. The summed E-state index contributed by atoms with van der Waals surface area (Å²) in [7, 11) is 4.44. The first kappa shape index (κ1) is 16.8. The van der Waals surface area contributed by atoms with Crippen molar-refractivity contribution in [2.24, 2.45) is 0 Å². The second-order valence-corrected chi connectivity index (χ2v) is 6.22. The van der Waals surface area contributed by atoms with Gasteiger partial charge in [0.05, 0.1) is 0 Å². The first-order valence-electron chi connectivity index (χ1n) is 7.02. The van der Waals surface area contributed by atoms with Crippen molar-refractivity contribution in [2.45, 2.75) is 50.5 Å². The van der Waals surface area contributed by atoms with Crippen LogP contribution in [0.15, 0.2) is 24.3 Å². The number of nitrogens with zero attached hydrogens (tertiary/aromatic N) is 1. The molecule has 0 heterocycles. The van der Waals surface area contributed by atoms with Crippen LogP contribution < -0.4 is 0 Å². The van der Waals surface area contributed by atoms with Crippen LogP contribution in [0.25, 0.3) is 0 Å². The van der Waals surface area contributed by atoms with Gasteiger partial charge in [0.25, 0.3) is 0 Å². The molecule has 2 rings (SSSR count). The second kappa shape index (κ2) is 6.97. The van der Waals surface area contributed by atoms with E-state index in [0.717, 1.165) is 5.02 Å². The first-order chi connectivity index (χ1) is 8.60. The molecule has 1 atom stereocenters. The van der Waals surface area contributed by atoms with Crippen molar-refractivity contribution < 1.29 is 0 Å². The van der Waals surface area contributed by atoms with E-state index in [0.29, 0.717) is 11.5 Å². The molecule has 0 radical (unpaired) electrons. The molecule has 108 valence electrons. The minimum atomic E-state index is 0. The van der Waals surface area contributed by atoms with Gasteiger partial charge in [-0.25, -0.2) is 0 Å². The van der Waals surface area contributed by atoms with Crippen molar-refractivity contribution in [2.75, 3.05) is 14.1 Å². The minimum Gasteiger partial charge on any atom is -0.306 e. The molecular formula is C16H25Cl2N. The fourth-order valence-electron chi connectivity index (χ4n) is 3.46. The van der Waals surface area contributed by atoms with Gasteiger partial charge in [0, 0.05) is 16.5 Å². The monoisotopic (exact) mass is 301 g/mol. The molecular weight excluding hydrogens is 277 g/mol. The Morgan fingerprint density at radius 2 is 1.79 bits per heavy atom. The van der Waals surface area contributed by atoms with Crippen LogP contribution in [-0.4, -0.2) is 25.0 Å². The molecule has 3 heteroatoms. The van der Waals surface area contributed by atoms with E-state index in [-0.39, 0.29) is 12.4 Å². The van der Waals surface area contributed by atoms with Gasteiger partial charge in [0.15, 0.2) is 0 Å². The van der Waals surface area contributed by atoms with E-state index < -0.39 is 0 Å². The summed E-state index contributed by atoms with van der Waals surface area (Å²) in [6, 6.07) is 9.18. The van der Waals surface area contributed by atoms with Crippen LogP contribution in [-0.2, 0) is 5.41 Å². The maximum Gasteiger partial charge on any atom is 0.0406 e. The third-order valence-electron chi connectivity index (χ3n) is 4.49. The van der Waals surface area contributed by atoms with Crippen LogP contribution in [0.4, 0.5) is 0 Å². The minimum absolute atomic E-state index is 0. The van der Waals surface area contributed by atoms with Gasteiger partial charge in [-0.2, -0.15) is 0 Å². The van der Waals surface area contributed by atoms with Crippen LogP contribution in [0, 0.1) is 0 Å². The van der Waals surface area contributed by atoms with E-state index in [9.17, 15) is 0 Å². The van der Waals surface area contributed by atoms with Crippen LogP contribution in [0.2, 0.25) is 5.02 Å². The van der Waals surface area contributed by atoms with Crippen molar-refractivity contribution in [1.29, 1.82) is 0 Å². The normalized spacial score (nSPS) is 18.6. The Morgan fingerprint density at radius 1 is 1.21 bits per heavy atom. The molecule has 1 aliphatic rings. The van der Waals surface area contributed by atoms with Crippen LogP contribution >= 0.6 is 24.0 Å². The number of likely N-dealkylation sites (N-methyl/N-ethyl adjacent to an activating group) is 1. The lowest BCUT2D eigenvalue weighted by molar-refractivity contribution is 0.0895. The highest BCUT2D eigenvalue weighted by atomic mass is 35.5.